The molecule has 0 saturated carbocycles. The van der Waals surface area contributed by atoms with Gasteiger partial charge in [-0.25, -0.2) is 18.1 Å². The van der Waals surface area contributed by atoms with E-state index in [0.717, 1.165) is 5.56 Å². The lowest BCUT2D eigenvalue weighted by Gasteiger charge is -2.08. The highest BCUT2D eigenvalue weighted by Gasteiger charge is 2.17. The van der Waals surface area contributed by atoms with E-state index < -0.39 is 10.0 Å². The highest BCUT2D eigenvalue weighted by Crippen LogP contribution is 2.22. The van der Waals surface area contributed by atoms with Gasteiger partial charge in [0, 0.05) is 26.6 Å². The van der Waals surface area contributed by atoms with Crippen molar-refractivity contribution in [3.63, 3.8) is 0 Å². The lowest BCUT2D eigenvalue weighted by atomic mass is 10.2. The molecule has 3 N–H and O–H groups in total. The van der Waals surface area contributed by atoms with E-state index in [-0.39, 0.29) is 16.5 Å². The smallest absolute Gasteiger partial charge is 0.242 e. The van der Waals surface area contributed by atoms with Gasteiger partial charge in [-0.2, -0.15) is 5.10 Å². The molecule has 2 rings (SSSR count). The zero-order chi connectivity index (χ0) is 15.5. The molecule has 0 amide bonds. The monoisotopic (exact) mass is 329 g/mol. The molecule has 0 aliphatic carbocycles. The third-order valence-corrected chi connectivity index (χ3v) is 4.75. The van der Waals surface area contributed by atoms with Crippen molar-refractivity contribution in [1.29, 1.82) is 0 Å². The Kier molecular flexibility index (Phi) is 4.94. The molecule has 1 aromatic carbocycles. The van der Waals surface area contributed by atoms with Crippen LogP contribution in [0.3, 0.4) is 0 Å². The summed E-state index contributed by atoms with van der Waals surface area (Å²) in [5, 5.41) is 4.23. The number of sulfonamides is 1. The van der Waals surface area contributed by atoms with E-state index in [0.29, 0.717) is 18.8 Å². The number of nitrogens with two attached hydrogens (primary N) is 1. The molecule has 1 aromatic heterocycles. The Labute approximate surface area is 128 Å². The van der Waals surface area contributed by atoms with Gasteiger partial charge in [-0.3, -0.25) is 4.68 Å². The van der Waals surface area contributed by atoms with Gasteiger partial charge in [-0.05, 0) is 17.7 Å². The topological polar surface area (TPSA) is 103 Å². The van der Waals surface area contributed by atoms with Crippen molar-refractivity contribution < 1.29 is 8.42 Å². The fraction of sp³-hybridized carbons (Fsp3) is 0.333. The Hall–Kier alpha value is -1.48. The molecule has 0 aliphatic rings. The minimum absolute atomic E-state index is 0.0374. The Balaban J connectivity index is 2.04. The number of aromatic nitrogens is 3. The van der Waals surface area contributed by atoms with Gasteiger partial charge in [0.2, 0.25) is 10.0 Å². The maximum atomic E-state index is 12.2. The largest absolute Gasteiger partial charge is 0.326 e. The molecule has 0 atom stereocenters. The molecule has 0 aliphatic heterocycles. The first-order valence-corrected chi connectivity index (χ1v) is 8.11. The molecule has 9 heteroatoms. The van der Waals surface area contributed by atoms with Crippen LogP contribution in [0.2, 0.25) is 5.02 Å². The van der Waals surface area contributed by atoms with Crippen LogP contribution < -0.4 is 10.5 Å². The van der Waals surface area contributed by atoms with E-state index in [2.05, 4.69) is 14.8 Å². The number of rotatable bonds is 6. The maximum absolute atomic E-state index is 12.2. The second kappa shape index (κ2) is 6.52. The first-order valence-electron chi connectivity index (χ1n) is 6.25. The predicted octanol–water partition coefficient (Wildman–Crippen LogP) is 0.448. The van der Waals surface area contributed by atoms with Crippen LogP contribution in [0.4, 0.5) is 0 Å². The molecule has 0 saturated heterocycles. The summed E-state index contributed by atoms with van der Waals surface area (Å²) in [6, 6.07) is 4.64. The van der Waals surface area contributed by atoms with E-state index in [1.54, 1.807) is 30.2 Å². The second-order valence-electron chi connectivity index (χ2n) is 4.45. The summed E-state index contributed by atoms with van der Waals surface area (Å²) < 4.78 is 28.4. The van der Waals surface area contributed by atoms with Gasteiger partial charge < -0.3 is 5.73 Å². The Morgan fingerprint density at radius 1 is 1.43 bits per heavy atom. The quantitative estimate of drug-likeness (QED) is 0.801. The van der Waals surface area contributed by atoms with Gasteiger partial charge in [-0.15, -0.1) is 0 Å². The molecular weight excluding hydrogens is 314 g/mol. The van der Waals surface area contributed by atoms with Gasteiger partial charge in [0.05, 0.1) is 5.02 Å². The highest BCUT2D eigenvalue weighted by atomic mass is 35.5. The van der Waals surface area contributed by atoms with Gasteiger partial charge in [0.15, 0.2) is 5.82 Å². The second-order valence-corrected chi connectivity index (χ2v) is 6.59. The van der Waals surface area contributed by atoms with Crippen molar-refractivity contribution in [1.82, 2.24) is 19.5 Å². The standard InChI is InChI=1S/C12H16ClN5O2S/c1-18-8-15-12(17-18)4-5-16-21(19,20)11-3-2-9(7-14)6-10(11)13/h2-3,6,8,16H,4-5,7,14H2,1H3. The number of halogens is 1. The van der Waals surface area contributed by atoms with Crippen LogP contribution in [0.1, 0.15) is 11.4 Å². The molecule has 2 aromatic rings. The van der Waals surface area contributed by atoms with Crippen molar-refractivity contribution >= 4 is 21.6 Å². The first-order chi connectivity index (χ1) is 9.92. The molecule has 0 spiro atoms. The van der Waals surface area contributed by atoms with E-state index >= 15 is 0 Å². The predicted molar refractivity (Wildman–Crippen MR) is 79.2 cm³/mol. The summed E-state index contributed by atoms with van der Waals surface area (Å²) in [6.45, 7) is 0.500. The fourth-order valence-corrected chi connectivity index (χ4v) is 3.36. The number of hydrogen-bond donors (Lipinski definition) is 2. The fourth-order valence-electron chi connectivity index (χ4n) is 1.76. The molecule has 1 heterocycles. The van der Waals surface area contributed by atoms with Crippen LogP contribution in [0, 0.1) is 0 Å². The molecule has 0 unspecified atom stereocenters. The Morgan fingerprint density at radius 3 is 2.76 bits per heavy atom. The van der Waals surface area contributed by atoms with E-state index in [9.17, 15) is 8.42 Å². The number of nitrogens with one attached hydrogen (secondary N) is 1. The van der Waals surface area contributed by atoms with Crippen LogP contribution >= 0.6 is 11.6 Å². The molecular formula is C12H16ClN5O2S. The maximum Gasteiger partial charge on any atom is 0.242 e. The van der Waals surface area contributed by atoms with E-state index in [1.807, 2.05) is 0 Å². The van der Waals surface area contributed by atoms with Crippen molar-refractivity contribution in [3.05, 3.63) is 40.9 Å². The van der Waals surface area contributed by atoms with Crippen LogP contribution in [-0.2, 0) is 30.0 Å². The Morgan fingerprint density at radius 2 is 2.19 bits per heavy atom. The van der Waals surface area contributed by atoms with Crippen LogP contribution in [0.25, 0.3) is 0 Å². The molecule has 114 valence electrons. The number of benzene rings is 1. The van der Waals surface area contributed by atoms with Crippen molar-refractivity contribution in [2.24, 2.45) is 12.8 Å². The molecule has 21 heavy (non-hydrogen) atoms. The normalized spacial score (nSPS) is 11.8. The van der Waals surface area contributed by atoms with Crippen molar-refractivity contribution in [2.45, 2.75) is 17.9 Å². The van der Waals surface area contributed by atoms with Gasteiger partial charge in [0.1, 0.15) is 11.2 Å². The zero-order valence-electron chi connectivity index (χ0n) is 11.5. The average molecular weight is 330 g/mol. The van der Waals surface area contributed by atoms with E-state index in [4.69, 9.17) is 17.3 Å². The molecule has 0 radical (unpaired) electrons. The van der Waals surface area contributed by atoms with E-state index in [1.165, 1.54) is 6.07 Å². The highest BCUT2D eigenvalue weighted by molar-refractivity contribution is 7.89. The third-order valence-electron chi connectivity index (χ3n) is 2.81. The number of nitrogens with zero attached hydrogens (tertiary/aromatic N) is 3. The Bertz CT molecular complexity index is 729. The molecule has 0 bridgehead atoms. The summed E-state index contributed by atoms with van der Waals surface area (Å²) >= 11 is 5.99. The van der Waals surface area contributed by atoms with Gasteiger partial charge in [-0.1, -0.05) is 17.7 Å². The average Bonchev–Trinajstić information content (AvgIpc) is 2.83. The lowest BCUT2D eigenvalue weighted by molar-refractivity contribution is 0.580. The molecule has 7 nitrogen and oxygen atoms in total. The van der Waals surface area contributed by atoms with Gasteiger partial charge in [0.25, 0.3) is 0 Å². The lowest BCUT2D eigenvalue weighted by Crippen LogP contribution is -2.26. The van der Waals surface area contributed by atoms with Crippen molar-refractivity contribution in [2.75, 3.05) is 6.54 Å². The number of aryl methyl sites for hydroxylation is 1. The minimum atomic E-state index is -3.66. The van der Waals surface area contributed by atoms with Crippen LogP contribution in [0.15, 0.2) is 29.4 Å². The van der Waals surface area contributed by atoms with Gasteiger partial charge >= 0.3 is 0 Å². The SMILES string of the molecule is Cn1cnc(CCNS(=O)(=O)c2ccc(CN)cc2Cl)n1. The zero-order valence-corrected chi connectivity index (χ0v) is 13.0. The minimum Gasteiger partial charge on any atom is -0.326 e. The number of hydrogen-bond acceptors (Lipinski definition) is 5. The first kappa shape index (κ1) is 15.9. The summed E-state index contributed by atoms with van der Waals surface area (Å²) in [5.74, 6) is 0.574. The summed E-state index contributed by atoms with van der Waals surface area (Å²) in [5.41, 5.74) is 6.26. The molecule has 0 fully saturated rings. The van der Waals surface area contributed by atoms with Crippen molar-refractivity contribution in [3.8, 4) is 0 Å². The van der Waals surface area contributed by atoms with Crippen LogP contribution in [-0.4, -0.2) is 29.7 Å². The summed E-state index contributed by atoms with van der Waals surface area (Å²) in [4.78, 5) is 4.06. The third kappa shape index (κ3) is 4.01. The summed E-state index contributed by atoms with van der Waals surface area (Å²) in [6.07, 6.45) is 1.96. The van der Waals surface area contributed by atoms with Crippen LogP contribution in [0.5, 0.6) is 0 Å². The summed E-state index contributed by atoms with van der Waals surface area (Å²) in [7, 11) is -1.91.